The molecule has 0 fully saturated rings. The van der Waals surface area contributed by atoms with Gasteiger partial charge in [-0.05, 0) is 48.1 Å². The highest BCUT2D eigenvalue weighted by molar-refractivity contribution is 9.08. The molecule has 0 amide bonds. The minimum atomic E-state index is 0.930. The second kappa shape index (κ2) is 6.01. The summed E-state index contributed by atoms with van der Waals surface area (Å²) in [6.45, 7) is 4.45. The molecule has 0 N–H and O–H groups in total. The van der Waals surface area contributed by atoms with Gasteiger partial charge in [-0.15, -0.1) is 0 Å². The van der Waals surface area contributed by atoms with Crippen LogP contribution in [-0.2, 0) is 18.2 Å². The molecule has 0 bridgehead atoms. The molecule has 0 spiro atoms. The Balaban J connectivity index is 1.83. The molecule has 0 saturated heterocycles. The van der Waals surface area contributed by atoms with Gasteiger partial charge in [-0.25, -0.2) is 0 Å². The maximum atomic E-state index is 3.53. The van der Waals surface area contributed by atoms with Crippen LogP contribution in [0.2, 0.25) is 0 Å². The molecular formula is C18H20BrN. The van der Waals surface area contributed by atoms with Gasteiger partial charge in [0.15, 0.2) is 0 Å². The van der Waals surface area contributed by atoms with Gasteiger partial charge in [0, 0.05) is 24.1 Å². The Morgan fingerprint density at radius 1 is 1.00 bits per heavy atom. The van der Waals surface area contributed by atoms with E-state index in [2.05, 4.69) is 70.2 Å². The fraction of sp³-hybridized carbons (Fsp3) is 0.333. The van der Waals surface area contributed by atoms with Crippen molar-refractivity contribution in [3.8, 4) is 0 Å². The Hall–Kier alpha value is -1.28. The average molecular weight is 330 g/mol. The number of fused-ring (bicyclic) bond motifs is 1. The van der Waals surface area contributed by atoms with Crippen LogP contribution in [0.25, 0.3) is 0 Å². The molecule has 1 aliphatic heterocycles. The average Bonchev–Trinajstić information content (AvgIpc) is 2.70. The van der Waals surface area contributed by atoms with E-state index in [1.54, 1.807) is 0 Å². The maximum Gasteiger partial charge on any atom is 0.0396 e. The molecule has 1 heterocycles. The summed E-state index contributed by atoms with van der Waals surface area (Å²) < 4.78 is 0. The van der Waals surface area contributed by atoms with Crippen molar-refractivity contribution in [1.29, 1.82) is 0 Å². The Bertz CT molecular complexity index is 579. The zero-order valence-corrected chi connectivity index (χ0v) is 13.5. The number of halogens is 1. The summed E-state index contributed by atoms with van der Waals surface area (Å²) in [5, 5.41) is 0.930. The second-order valence-corrected chi connectivity index (χ2v) is 6.07. The molecule has 20 heavy (non-hydrogen) atoms. The molecule has 104 valence electrons. The monoisotopic (exact) mass is 329 g/mol. The van der Waals surface area contributed by atoms with Crippen molar-refractivity contribution in [2.45, 2.75) is 25.1 Å². The zero-order valence-electron chi connectivity index (χ0n) is 11.9. The molecule has 0 aromatic heterocycles. The molecule has 1 nitrogen and oxygen atoms in total. The first-order chi connectivity index (χ1) is 9.78. The van der Waals surface area contributed by atoms with Gasteiger partial charge in [0.1, 0.15) is 0 Å². The molecule has 0 unspecified atom stereocenters. The van der Waals surface area contributed by atoms with Crippen LogP contribution in [0.15, 0.2) is 42.5 Å². The molecule has 2 aromatic rings. The number of alkyl halides is 1. The van der Waals surface area contributed by atoms with Crippen molar-refractivity contribution in [3.63, 3.8) is 0 Å². The number of hydrogen-bond acceptors (Lipinski definition) is 1. The second-order valence-electron chi connectivity index (χ2n) is 5.51. The van der Waals surface area contributed by atoms with Gasteiger partial charge in [0.25, 0.3) is 0 Å². The highest BCUT2D eigenvalue weighted by Crippen LogP contribution is 2.25. The molecule has 2 aromatic carbocycles. The Kier molecular flexibility index (Phi) is 4.11. The van der Waals surface area contributed by atoms with E-state index in [1.807, 2.05) is 0 Å². The van der Waals surface area contributed by atoms with Gasteiger partial charge < -0.3 is 4.90 Å². The smallest absolute Gasteiger partial charge is 0.0396 e. The van der Waals surface area contributed by atoms with Gasteiger partial charge >= 0.3 is 0 Å². The normalized spacial score (nSPS) is 14.8. The number of rotatable bonds is 2. The summed E-state index contributed by atoms with van der Waals surface area (Å²) in [6.07, 6.45) is 2.30. The quantitative estimate of drug-likeness (QED) is 0.733. The number of anilines is 1. The van der Waals surface area contributed by atoms with Gasteiger partial charge in [-0.3, -0.25) is 0 Å². The number of aryl methyl sites for hydroxylation is 1. The minimum Gasteiger partial charge on any atom is -0.371 e. The van der Waals surface area contributed by atoms with E-state index in [9.17, 15) is 0 Å². The van der Waals surface area contributed by atoms with Crippen molar-refractivity contribution in [2.24, 2.45) is 0 Å². The Morgan fingerprint density at radius 3 is 2.20 bits per heavy atom. The number of nitrogens with zero attached hydrogens (tertiary/aromatic N) is 1. The highest BCUT2D eigenvalue weighted by Gasteiger charge is 2.15. The SMILES string of the molecule is Cc1cc(CBr)ccc1N1CCc2ccccc2CC1. The van der Waals surface area contributed by atoms with Crippen LogP contribution < -0.4 is 4.90 Å². The van der Waals surface area contributed by atoms with E-state index < -0.39 is 0 Å². The number of hydrogen-bond donors (Lipinski definition) is 0. The van der Waals surface area contributed by atoms with Crippen LogP contribution in [0.4, 0.5) is 5.69 Å². The largest absolute Gasteiger partial charge is 0.371 e. The fourth-order valence-electron chi connectivity index (χ4n) is 3.06. The van der Waals surface area contributed by atoms with Crippen LogP contribution in [0, 0.1) is 6.92 Å². The fourth-order valence-corrected chi connectivity index (χ4v) is 3.41. The highest BCUT2D eigenvalue weighted by atomic mass is 79.9. The van der Waals surface area contributed by atoms with Crippen LogP contribution in [-0.4, -0.2) is 13.1 Å². The maximum absolute atomic E-state index is 3.53. The molecule has 2 heteroatoms. The first-order valence-corrected chi connectivity index (χ1v) is 8.37. The van der Waals surface area contributed by atoms with Crippen LogP contribution >= 0.6 is 15.9 Å². The first kappa shape index (κ1) is 13.7. The summed E-state index contributed by atoms with van der Waals surface area (Å²) in [5.41, 5.74) is 7.16. The summed E-state index contributed by atoms with van der Waals surface area (Å²) in [6, 6.07) is 15.7. The van der Waals surface area contributed by atoms with Crippen molar-refractivity contribution < 1.29 is 0 Å². The predicted octanol–water partition coefficient (Wildman–Crippen LogP) is 4.50. The summed E-state index contributed by atoms with van der Waals surface area (Å²) in [7, 11) is 0. The molecule has 3 rings (SSSR count). The Morgan fingerprint density at radius 2 is 1.65 bits per heavy atom. The molecule has 1 aliphatic rings. The molecule has 0 radical (unpaired) electrons. The topological polar surface area (TPSA) is 3.24 Å². The summed E-state index contributed by atoms with van der Waals surface area (Å²) >= 11 is 3.53. The van der Waals surface area contributed by atoms with Crippen molar-refractivity contribution in [2.75, 3.05) is 18.0 Å². The van der Waals surface area contributed by atoms with Gasteiger partial charge in [0.05, 0.1) is 0 Å². The Labute approximate surface area is 129 Å². The van der Waals surface area contributed by atoms with Gasteiger partial charge in [0.2, 0.25) is 0 Å². The van der Waals surface area contributed by atoms with Crippen molar-refractivity contribution in [3.05, 3.63) is 64.7 Å². The molecule has 0 saturated carbocycles. The molecular weight excluding hydrogens is 310 g/mol. The van der Waals surface area contributed by atoms with Crippen LogP contribution in [0.5, 0.6) is 0 Å². The van der Waals surface area contributed by atoms with Crippen molar-refractivity contribution >= 4 is 21.6 Å². The van der Waals surface area contributed by atoms with Crippen LogP contribution in [0.1, 0.15) is 22.3 Å². The van der Waals surface area contributed by atoms with Gasteiger partial charge in [-0.2, -0.15) is 0 Å². The summed E-state index contributed by atoms with van der Waals surface area (Å²) in [4.78, 5) is 2.54. The van der Waals surface area contributed by atoms with E-state index in [0.717, 1.165) is 31.3 Å². The van der Waals surface area contributed by atoms with Crippen molar-refractivity contribution in [1.82, 2.24) is 0 Å². The van der Waals surface area contributed by atoms with E-state index in [1.165, 1.54) is 27.9 Å². The lowest BCUT2D eigenvalue weighted by molar-refractivity contribution is 0.802. The van der Waals surface area contributed by atoms with E-state index in [-0.39, 0.29) is 0 Å². The van der Waals surface area contributed by atoms with E-state index in [4.69, 9.17) is 0 Å². The van der Waals surface area contributed by atoms with E-state index in [0.29, 0.717) is 0 Å². The molecule has 0 aliphatic carbocycles. The lowest BCUT2D eigenvalue weighted by atomic mass is 10.0. The third kappa shape index (κ3) is 2.76. The number of benzene rings is 2. The predicted molar refractivity (Wildman–Crippen MR) is 89.9 cm³/mol. The van der Waals surface area contributed by atoms with E-state index >= 15 is 0 Å². The minimum absolute atomic E-state index is 0.930. The van der Waals surface area contributed by atoms with Crippen LogP contribution in [0.3, 0.4) is 0 Å². The summed E-state index contributed by atoms with van der Waals surface area (Å²) in [5.74, 6) is 0. The third-order valence-electron chi connectivity index (χ3n) is 4.18. The van der Waals surface area contributed by atoms with Gasteiger partial charge in [-0.1, -0.05) is 52.3 Å². The first-order valence-electron chi connectivity index (χ1n) is 7.25. The lowest BCUT2D eigenvalue weighted by Gasteiger charge is -2.25. The lowest BCUT2D eigenvalue weighted by Crippen LogP contribution is -2.26. The zero-order chi connectivity index (χ0) is 13.9. The third-order valence-corrected chi connectivity index (χ3v) is 4.82. The standard InChI is InChI=1S/C18H20BrN/c1-14-12-15(13-19)6-7-18(14)20-10-8-16-4-2-3-5-17(16)9-11-20/h2-7,12H,8-11,13H2,1H3. The molecule has 0 atom stereocenters.